The molecule has 2 aliphatic rings. The Hall–Kier alpha value is -3.74. The third-order valence-corrected chi connectivity index (χ3v) is 6.72. The molecule has 7 nitrogen and oxygen atoms in total. The lowest BCUT2D eigenvalue weighted by molar-refractivity contribution is -0.143. The number of Topliss-reactive ketones (excluding diaryl/α,β-unsaturated/α-hetero) is 1. The number of carbonyl (C=O) groups is 2. The van der Waals surface area contributed by atoms with Gasteiger partial charge in [0.15, 0.2) is 17.3 Å². The SMILES string of the molecule is COc1ccc([C@@H]2CC(=O)C3=C(C2)NC(C)=C(C(=O)OC(C)C)[C@H]3c2ccc(OC)c(OC)c2)cc1. The van der Waals surface area contributed by atoms with Gasteiger partial charge in [-0.25, -0.2) is 4.79 Å². The molecule has 0 bridgehead atoms. The van der Waals surface area contributed by atoms with E-state index in [1.54, 1.807) is 27.4 Å². The highest BCUT2D eigenvalue weighted by Gasteiger charge is 2.41. The smallest absolute Gasteiger partial charge is 0.337 e. The first kappa shape index (κ1) is 25.4. The van der Waals surface area contributed by atoms with Crippen molar-refractivity contribution in [3.8, 4) is 17.2 Å². The van der Waals surface area contributed by atoms with Crippen LogP contribution >= 0.6 is 0 Å². The predicted molar refractivity (Wildman–Crippen MR) is 136 cm³/mol. The molecule has 1 N–H and O–H groups in total. The first-order valence-corrected chi connectivity index (χ1v) is 12.1. The van der Waals surface area contributed by atoms with Gasteiger partial charge in [-0.05, 0) is 68.5 Å². The number of hydrogen-bond donors (Lipinski definition) is 1. The van der Waals surface area contributed by atoms with E-state index in [1.165, 1.54) is 0 Å². The molecule has 0 saturated carbocycles. The van der Waals surface area contributed by atoms with Crippen LogP contribution in [0.2, 0.25) is 0 Å². The monoisotopic (exact) mass is 491 g/mol. The molecular weight excluding hydrogens is 458 g/mol. The van der Waals surface area contributed by atoms with E-state index in [9.17, 15) is 9.59 Å². The van der Waals surface area contributed by atoms with Crippen LogP contribution in [-0.2, 0) is 14.3 Å². The van der Waals surface area contributed by atoms with Gasteiger partial charge in [-0.3, -0.25) is 4.79 Å². The van der Waals surface area contributed by atoms with Gasteiger partial charge < -0.3 is 24.3 Å². The standard InChI is InChI=1S/C29H33NO6/c1-16(2)36-29(32)26-17(3)30-22-13-20(18-7-10-21(33-4)11-8-18)14-23(31)28(22)27(26)19-9-12-24(34-5)25(15-19)35-6/h7-12,15-16,20,27,30H,13-14H2,1-6H3/t20-,27+/m0/s1. The molecule has 2 atom stereocenters. The first-order valence-electron chi connectivity index (χ1n) is 12.1. The Labute approximate surface area is 212 Å². The van der Waals surface area contributed by atoms with Gasteiger partial charge in [0.1, 0.15) is 5.75 Å². The Bertz CT molecular complexity index is 1220. The summed E-state index contributed by atoms with van der Waals surface area (Å²) < 4.78 is 21.8. The zero-order valence-corrected chi connectivity index (χ0v) is 21.6. The average molecular weight is 492 g/mol. The molecule has 190 valence electrons. The molecule has 0 aromatic heterocycles. The van der Waals surface area contributed by atoms with Crippen molar-refractivity contribution in [2.45, 2.75) is 51.6 Å². The molecule has 1 aliphatic carbocycles. The maximum Gasteiger partial charge on any atom is 0.337 e. The minimum absolute atomic E-state index is 0.00620. The number of methoxy groups -OCH3 is 3. The summed E-state index contributed by atoms with van der Waals surface area (Å²) in [5.41, 5.74) is 4.41. The minimum Gasteiger partial charge on any atom is -0.497 e. The number of rotatable bonds is 7. The molecule has 1 aliphatic heterocycles. The fraction of sp³-hybridized carbons (Fsp3) is 0.379. The second-order valence-electron chi connectivity index (χ2n) is 9.36. The molecule has 0 amide bonds. The van der Waals surface area contributed by atoms with Crippen LogP contribution in [0, 0.1) is 0 Å². The van der Waals surface area contributed by atoms with Gasteiger partial charge in [-0.15, -0.1) is 0 Å². The number of carbonyl (C=O) groups excluding carboxylic acids is 2. The summed E-state index contributed by atoms with van der Waals surface area (Å²) in [6.07, 6.45) is 0.712. The quantitative estimate of drug-likeness (QED) is 0.544. The molecule has 4 rings (SSSR count). The lowest BCUT2D eigenvalue weighted by Crippen LogP contribution is -2.36. The number of nitrogens with one attached hydrogen (secondary N) is 1. The van der Waals surface area contributed by atoms with Gasteiger partial charge in [-0.2, -0.15) is 0 Å². The predicted octanol–water partition coefficient (Wildman–Crippen LogP) is 5.03. The van der Waals surface area contributed by atoms with E-state index in [-0.39, 0.29) is 17.8 Å². The van der Waals surface area contributed by atoms with E-state index in [1.807, 2.05) is 57.2 Å². The maximum absolute atomic E-state index is 13.7. The molecule has 1 heterocycles. The van der Waals surface area contributed by atoms with E-state index < -0.39 is 11.9 Å². The Morgan fingerprint density at radius 2 is 1.58 bits per heavy atom. The van der Waals surface area contributed by atoms with Crippen molar-refractivity contribution < 1.29 is 28.5 Å². The van der Waals surface area contributed by atoms with Crippen molar-refractivity contribution in [3.63, 3.8) is 0 Å². The third kappa shape index (κ3) is 4.83. The van der Waals surface area contributed by atoms with E-state index in [0.29, 0.717) is 41.2 Å². The van der Waals surface area contributed by atoms with Crippen molar-refractivity contribution in [2.24, 2.45) is 0 Å². The fourth-order valence-electron chi connectivity index (χ4n) is 5.06. The largest absolute Gasteiger partial charge is 0.497 e. The van der Waals surface area contributed by atoms with Gasteiger partial charge >= 0.3 is 5.97 Å². The summed E-state index contributed by atoms with van der Waals surface area (Å²) in [6, 6.07) is 13.3. The summed E-state index contributed by atoms with van der Waals surface area (Å²) in [7, 11) is 4.77. The number of dihydropyridines is 1. The molecule has 2 aromatic rings. The zero-order valence-electron chi connectivity index (χ0n) is 21.6. The van der Waals surface area contributed by atoms with Crippen LogP contribution in [-0.4, -0.2) is 39.2 Å². The van der Waals surface area contributed by atoms with Crippen molar-refractivity contribution in [1.29, 1.82) is 0 Å². The van der Waals surface area contributed by atoms with E-state index >= 15 is 0 Å². The fourth-order valence-corrected chi connectivity index (χ4v) is 5.06. The summed E-state index contributed by atoms with van der Waals surface area (Å²) in [4.78, 5) is 27.0. The molecule has 2 aromatic carbocycles. The topological polar surface area (TPSA) is 83.1 Å². The van der Waals surface area contributed by atoms with Crippen molar-refractivity contribution in [3.05, 3.63) is 76.1 Å². The summed E-state index contributed by atoms with van der Waals surface area (Å²) in [5, 5.41) is 3.38. The van der Waals surface area contributed by atoms with Crippen molar-refractivity contribution >= 4 is 11.8 Å². The highest BCUT2D eigenvalue weighted by molar-refractivity contribution is 6.04. The molecule has 36 heavy (non-hydrogen) atoms. The molecule has 0 unspecified atom stereocenters. The van der Waals surface area contributed by atoms with Gasteiger partial charge in [0.2, 0.25) is 0 Å². The number of ketones is 1. The normalized spacial score (nSPS) is 19.6. The van der Waals surface area contributed by atoms with Crippen LogP contribution in [0.4, 0.5) is 0 Å². The molecule has 0 spiro atoms. The van der Waals surface area contributed by atoms with Crippen LogP contribution < -0.4 is 19.5 Å². The van der Waals surface area contributed by atoms with Gasteiger partial charge in [0.05, 0.1) is 33.0 Å². The number of esters is 1. The van der Waals surface area contributed by atoms with Crippen LogP contribution in [0.3, 0.4) is 0 Å². The van der Waals surface area contributed by atoms with Gasteiger partial charge in [0, 0.05) is 29.3 Å². The van der Waals surface area contributed by atoms with Crippen molar-refractivity contribution in [2.75, 3.05) is 21.3 Å². The third-order valence-electron chi connectivity index (χ3n) is 6.72. The summed E-state index contributed by atoms with van der Waals surface area (Å²) >= 11 is 0. The minimum atomic E-state index is -0.573. The Morgan fingerprint density at radius 1 is 0.917 bits per heavy atom. The number of benzene rings is 2. The first-order chi connectivity index (χ1) is 17.3. The Morgan fingerprint density at radius 3 is 2.19 bits per heavy atom. The second kappa shape index (κ2) is 10.5. The summed E-state index contributed by atoms with van der Waals surface area (Å²) in [5.74, 6) is 0.903. The molecule has 0 fully saturated rings. The number of allylic oxidation sites excluding steroid dienone is 3. The van der Waals surface area contributed by atoms with E-state index in [2.05, 4.69) is 5.32 Å². The van der Waals surface area contributed by atoms with E-state index in [0.717, 1.165) is 22.6 Å². The molecule has 0 radical (unpaired) electrons. The lowest BCUT2D eigenvalue weighted by atomic mass is 9.71. The van der Waals surface area contributed by atoms with Gasteiger partial charge in [0.25, 0.3) is 0 Å². The van der Waals surface area contributed by atoms with Crippen LogP contribution in [0.15, 0.2) is 65.0 Å². The number of ether oxygens (including phenoxy) is 4. The number of hydrogen-bond acceptors (Lipinski definition) is 7. The second-order valence-corrected chi connectivity index (χ2v) is 9.36. The highest BCUT2D eigenvalue weighted by atomic mass is 16.5. The zero-order chi connectivity index (χ0) is 26.0. The van der Waals surface area contributed by atoms with Crippen LogP contribution in [0.5, 0.6) is 17.2 Å². The average Bonchev–Trinajstić information content (AvgIpc) is 2.86. The van der Waals surface area contributed by atoms with E-state index in [4.69, 9.17) is 18.9 Å². The maximum atomic E-state index is 13.7. The highest BCUT2D eigenvalue weighted by Crippen LogP contribution is 2.47. The van der Waals surface area contributed by atoms with Crippen molar-refractivity contribution in [1.82, 2.24) is 5.32 Å². The van der Waals surface area contributed by atoms with Gasteiger partial charge in [-0.1, -0.05) is 18.2 Å². The molecule has 7 heteroatoms. The van der Waals surface area contributed by atoms with Crippen LogP contribution in [0.1, 0.15) is 56.6 Å². The molecule has 0 saturated heterocycles. The van der Waals surface area contributed by atoms with Crippen LogP contribution in [0.25, 0.3) is 0 Å². The summed E-state index contributed by atoms with van der Waals surface area (Å²) in [6.45, 7) is 5.48. The lowest BCUT2D eigenvalue weighted by Gasteiger charge is -2.37. The molecular formula is C29H33NO6. The Balaban J connectivity index is 1.80. The Kier molecular flexibility index (Phi) is 7.38.